The number of nitrogens with zero attached hydrogens (tertiary/aromatic N) is 4. The molecule has 0 amide bonds. The predicted molar refractivity (Wildman–Crippen MR) is 66.7 cm³/mol. The van der Waals surface area contributed by atoms with Crippen LogP contribution in [0.1, 0.15) is 37.9 Å². The number of hydrogen-bond acceptors (Lipinski definition) is 6. The van der Waals surface area contributed by atoms with Crippen molar-refractivity contribution in [3.63, 3.8) is 0 Å². The summed E-state index contributed by atoms with van der Waals surface area (Å²) in [4.78, 5) is 12.7. The summed E-state index contributed by atoms with van der Waals surface area (Å²) < 4.78 is 5.27. The Bertz CT molecular complexity index is 523. The average molecular weight is 247 g/mol. The maximum absolute atomic E-state index is 5.90. The quantitative estimate of drug-likeness (QED) is 0.883. The van der Waals surface area contributed by atoms with Crippen LogP contribution in [0.25, 0.3) is 11.5 Å². The first-order valence-corrected chi connectivity index (χ1v) is 6.01. The molecule has 2 N–H and O–H groups in total. The summed E-state index contributed by atoms with van der Waals surface area (Å²) in [7, 11) is 0. The molecule has 2 rings (SSSR count). The van der Waals surface area contributed by atoms with Crippen molar-refractivity contribution in [3.8, 4) is 11.5 Å². The van der Waals surface area contributed by atoms with Crippen LogP contribution in [0.3, 0.4) is 0 Å². The normalized spacial score (nSPS) is 14.4. The zero-order chi connectivity index (χ0) is 13.1. The van der Waals surface area contributed by atoms with Gasteiger partial charge in [-0.05, 0) is 26.3 Å². The fourth-order valence-electron chi connectivity index (χ4n) is 1.84. The van der Waals surface area contributed by atoms with Gasteiger partial charge in [-0.25, -0.2) is 9.97 Å². The molecule has 2 aromatic heterocycles. The van der Waals surface area contributed by atoms with Crippen molar-refractivity contribution in [2.75, 3.05) is 0 Å². The van der Waals surface area contributed by atoms with E-state index in [4.69, 9.17) is 10.3 Å². The fraction of sp³-hybridized carbons (Fsp3) is 0.500. The second-order valence-corrected chi connectivity index (χ2v) is 4.32. The lowest BCUT2D eigenvalue weighted by Crippen LogP contribution is -2.24. The maximum Gasteiger partial charge on any atom is 0.231 e. The standard InChI is InChI=1S/C12H17N5O/c1-4-9(7(2)13)12-16-11(17-18-12)10-5-6-14-8(3)15-10/h5-7,9H,4,13H2,1-3H3. The number of hydrogen-bond donors (Lipinski definition) is 1. The average Bonchev–Trinajstić information content (AvgIpc) is 2.79. The van der Waals surface area contributed by atoms with E-state index in [0.717, 1.165) is 6.42 Å². The topological polar surface area (TPSA) is 90.7 Å². The molecule has 2 aromatic rings. The van der Waals surface area contributed by atoms with Crippen molar-refractivity contribution < 1.29 is 4.52 Å². The molecule has 0 bridgehead atoms. The Morgan fingerprint density at radius 3 is 2.78 bits per heavy atom. The molecule has 6 heteroatoms. The van der Waals surface area contributed by atoms with Gasteiger partial charge >= 0.3 is 0 Å². The third-order valence-corrected chi connectivity index (χ3v) is 2.84. The first-order valence-electron chi connectivity index (χ1n) is 6.01. The van der Waals surface area contributed by atoms with E-state index in [0.29, 0.717) is 23.2 Å². The molecular weight excluding hydrogens is 230 g/mol. The van der Waals surface area contributed by atoms with Crippen LogP contribution < -0.4 is 5.73 Å². The summed E-state index contributed by atoms with van der Waals surface area (Å²) >= 11 is 0. The second-order valence-electron chi connectivity index (χ2n) is 4.32. The lowest BCUT2D eigenvalue weighted by molar-refractivity contribution is 0.334. The smallest absolute Gasteiger partial charge is 0.231 e. The molecule has 2 heterocycles. The summed E-state index contributed by atoms with van der Waals surface area (Å²) in [6, 6.07) is 1.74. The van der Waals surface area contributed by atoms with E-state index >= 15 is 0 Å². The lowest BCUT2D eigenvalue weighted by atomic mass is 9.99. The molecule has 0 aliphatic rings. The first kappa shape index (κ1) is 12.6. The Morgan fingerprint density at radius 1 is 1.39 bits per heavy atom. The van der Waals surface area contributed by atoms with Gasteiger partial charge in [-0.3, -0.25) is 0 Å². The summed E-state index contributed by atoms with van der Waals surface area (Å²) in [5, 5.41) is 3.95. The van der Waals surface area contributed by atoms with Gasteiger partial charge in [-0.2, -0.15) is 4.98 Å². The van der Waals surface area contributed by atoms with E-state index in [1.54, 1.807) is 12.3 Å². The molecule has 0 radical (unpaired) electrons. The van der Waals surface area contributed by atoms with Crippen LogP contribution in [0.4, 0.5) is 0 Å². The highest BCUT2D eigenvalue weighted by atomic mass is 16.5. The molecule has 18 heavy (non-hydrogen) atoms. The number of aromatic nitrogens is 4. The second kappa shape index (κ2) is 5.22. The molecule has 2 unspecified atom stereocenters. The van der Waals surface area contributed by atoms with Crippen LogP contribution in [0.2, 0.25) is 0 Å². The highest BCUT2D eigenvalue weighted by Crippen LogP contribution is 2.22. The molecule has 0 aromatic carbocycles. The van der Waals surface area contributed by atoms with Crippen molar-refractivity contribution in [3.05, 3.63) is 24.0 Å². The summed E-state index contributed by atoms with van der Waals surface area (Å²) in [6.45, 7) is 5.81. The molecule has 6 nitrogen and oxygen atoms in total. The monoisotopic (exact) mass is 247 g/mol. The highest BCUT2D eigenvalue weighted by Gasteiger charge is 2.21. The summed E-state index contributed by atoms with van der Waals surface area (Å²) in [5.74, 6) is 1.81. The van der Waals surface area contributed by atoms with Gasteiger partial charge in [0.15, 0.2) is 0 Å². The Kier molecular flexibility index (Phi) is 3.66. The third kappa shape index (κ3) is 2.53. The van der Waals surface area contributed by atoms with Gasteiger partial charge < -0.3 is 10.3 Å². The highest BCUT2D eigenvalue weighted by molar-refractivity contribution is 5.47. The maximum atomic E-state index is 5.90. The van der Waals surface area contributed by atoms with E-state index in [-0.39, 0.29) is 12.0 Å². The van der Waals surface area contributed by atoms with Crippen molar-refractivity contribution in [2.24, 2.45) is 5.73 Å². The van der Waals surface area contributed by atoms with Crippen molar-refractivity contribution in [1.29, 1.82) is 0 Å². The van der Waals surface area contributed by atoms with Crippen LogP contribution in [-0.4, -0.2) is 26.2 Å². The summed E-state index contributed by atoms with van der Waals surface area (Å²) in [6.07, 6.45) is 2.54. The van der Waals surface area contributed by atoms with Crippen molar-refractivity contribution >= 4 is 0 Å². The molecule has 0 aliphatic carbocycles. The van der Waals surface area contributed by atoms with Gasteiger partial charge in [0.1, 0.15) is 11.5 Å². The third-order valence-electron chi connectivity index (χ3n) is 2.84. The number of rotatable bonds is 4. The molecule has 0 fully saturated rings. The van der Waals surface area contributed by atoms with E-state index in [2.05, 4.69) is 20.1 Å². The molecule has 96 valence electrons. The van der Waals surface area contributed by atoms with Gasteiger partial charge in [-0.15, -0.1) is 0 Å². The predicted octanol–water partition coefficient (Wildman–Crippen LogP) is 1.68. The number of aryl methyl sites for hydroxylation is 1. The van der Waals surface area contributed by atoms with Crippen LogP contribution in [0.5, 0.6) is 0 Å². The number of nitrogens with two attached hydrogens (primary N) is 1. The minimum absolute atomic E-state index is 0.0181. The Balaban J connectivity index is 2.30. The molecule has 0 saturated heterocycles. The van der Waals surface area contributed by atoms with Crippen LogP contribution in [0.15, 0.2) is 16.8 Å². The van der Waals surface area contributed by atoms with Gasteiger partial charge in [0.25, 0.3) is 0 Å². The largest absolute Gasteiger partial charge is 0.339 e. The van der Waals surface area contributed by atoms with Gasteiger partial charge in [0, 0.05) is 12.2 Å². The molecule has 0 aliphatic heterocycles. The van der Waals surface area contributed by atoms with E-state index in [9.17, 15) is 0 Å². The minimum atomic E-state index is -0.0181. The van der Waals surface area contributed by atoms with Crippen molar-refractivity contribution in [2.45, 2.75) is 39.2 Å². The van der Waals surface area contributed by atoms with E-state index < -0.39 is 0 Å². The summed E-state index contributed by atoms with van der Waals surface area (Å²) in [5.41, 5.74) is 6.56. The zero-order valence-corrected chi connectivity index (χ0v) is 10.8. The lowest BCUT2D eigenvalue weighted by Gasteiger charge is -2.13. The Morgan fingerprint density at radius 2 is 2.17 bits per heavy atom. The molecular formula is C12H17N5O. The zero-order valence-electron chi connectivity index (χ0n) is 10.8. The first-order chi connectivity index (χ1) is 8.61. The van der Waals surface area contributed by atoms with Crippen LogP contribution in [0, 0.1) is 6.92 Å². The van der Waals surface area contributed by atoms with Gasteiger partial charge in [0.05, 0.1) is 5.92 Å². The fourth-order valence-corrected chi connectivity index (χ4v) is 1.84. The van der Waals surface area contributed by atoms with Crippen molar-refractivity contribution in [1.82, 2.24) is 20.1 Å². The minimum Gasteiger partial charge on any atom is -0.339 e. The van der Waals surface area contributed by atoms with Crippen LogP contribution in [-0.2, 0) is 0 Å². The SMILES string of the molecule is CCC(c1nc(-c2ccnc(C)n2)no1)C(C)N. The van der Waals surface area contributed by atoms with Gasteiger partial charge in [-0.1, -0.05) is 12.1 Å². The van der Waals surface area contributed by atoms with Crippen LogP contribution >= 0.6 is 0 Å². The van der Waals surface area contributed by atoms with Gasteiger partial charge in [0.2, 0.25) is 11.7 Å². The molecule has 0 saturated carbocycles. The van der Waals surface area contributed by atoms with E-state index in [1.807, 2.05) is 20.8 Å². The molecule has 2 atom stereocenters. The molecule has 0 spiro atoms. The van der Waals surface area contributed by atoms with E-state index in [1.165, 1.54) is 0 Å². The Hall–Kier alpha value is -1.82. The Labute approximate surface area is 106 Å².